The Morgan fingerprint density at radius 2 is 2.06 bits per heavy atom. The molecule has 0 saturated carbocycles. The summed E-state index contributed by atoms with van der Waals surface area (Å²) in [6.45, 7) is 3.80. The van der Waals surface area contributed by atoms with E-state index in [9.17, 15) is 15.2 Å². The van der Waals surface area contributed by atoms with Gasteiger partial charge in [0.15, 0.2) is 0 Å². The van der Waals surface area contributed by atoms with Crippen molar-refractivity contribution in [2.24, 2.45) is 0 Å². The summed E-state index contributed by atoms with van der Waals surface area (Å²) < 4.78 is 4.89. The molecule has 4 heteroatoms. The van der Waals surface area contributed by atoms with E-state index in [1.54, 1.807) is 13.0 Å². The van der Waals surface area contributed by atoms with E-state index >= 15 is 0 Å². The molecule has 1 N–H and O–H groups in total. The Morgan fingerprint density at radius 1 is 1.39 bits per heavy atom. The minimum atomic E-state index is -0.378. The Kier molecular flexibility index (Phi) is 5.34. The molecule has 0 heterocycles. The number of hydrogen-bond donors (Lipinski definition) is 1. The molecule has 0 aliphatic carbocycles. The third-order valence-electron chi connectivity index (χ3n) is 2.79. The number of esters is 1. The minimum absolute atomic E-state index is 0.0282. The van der Waals surface area contributed by atoms with Gasteiger partial charge in [0.25, 0.3) is 0 Å². The standard InChI is InChI=1S/C14H17NO3/c1-3-10-5-6-11(9-16)12(13(10)8-15)7-14(17)18-4-2/h5-6,16H,3-4,7,9H2,1-2H3. The fourth-order valence-electron chi connectivity index (χ4n) is 1.88. The minimum Gasteiger partial charge on any atom is -0.466 e. The van der Waals surface area contributed by atoms with Gasteiger partial charge in [-0.1, -0.05) is 19.1 Å². The monoisotopic (exact) mass is 247 g/mol. The maximum atomic E-state index is 11.5. The molecule has 96 valence electrons. The fraction of sp³-hybridized carbons (Fsp3) is 0.429. The van der Waals surface area contributed by atoms with Gasteiger partial charge in [-0.05, 0) is 30.0 Å². The lowest BCUT2D eigenvalue weighted by Crippen LogP contribution is -2.12. The van der Waals surface area contributed by atoms with E-state index in [0.29, 0.717) is 29.7 Å². The van der Waals surface area contributed by atoms with Crippen molar-refractivity contribution in [2.75, 3.05) is 6.61 Å². The molecular formula is C14H17NO3. The molecule has 0 aliphatic heterocycles. The Bertz CT molecular complexity index is 475. The van der Waals surface area contributed by atoms with E-state index in [0.717, 1.165) is 5.56 Å². The molecule has 0 unspecified atom stereocenters. The highest BCUT2D eigenvalue weighted by atomic mass is 16.5. The van der Waals surface area contributed by atoms with Crippen molar-refractivity contribution in [1.82, 2.24) is 0 Å². The van der Waals surface area contributed by atoms with E-state index in [4.69, 9.17) is 4.74 Å². The molecule has 1 rings (SSSR count). The molecule has 18 heavy (non-hydrogen) atoms. The number of rotatable bonds is 5. The van der Waals surface area contributed by atoms with Crippen LogP contribution in [0.2, 0.25) is 0 Å². The first kappa shape index (κ1) is 14.2. The molecule has 1 aromatic carbocycles. The number of carbonyl (C=O) groups excluding carboxylic acids is 1. The molecule has 0 amide bonds. The van der Waals surface area contributed by atoms with Gasteiger partial charge in [-0.2, -0.15) is 5.26 Å². The number of ether oxygens (including phenoxy) is 1. The largest absolute Gasteiger partial charge is 0.466 e. The van der Waals surface area contributed by atoms with Gasteiger partial charge in [0, 0.05) is 0 Å². The molecule has 0 fully saturated rings. The maximum Gasteiger partial charge on any atom is 0.310 e. The van der Waals surface area contributed by atoms with Gasteiger partial charge in [-0.25, -0.2) is 0 Å². The first-order valence-electron chi connectivity index (χ1n) is 5.98. The molecule has 0 aliphatic rings. The van der Waals surface area contributed by atoms with Gasteiger partial charge in [0.2, 0.25) is 0 Å². The molecule has 0 bridgehead atoms. The van der Waals surface area contributed by atoms with E-state index in [1.807, 2.05) is 13.0 Å². The van der Waals surface area contributed by atoms with Crippen LogP contribution in [-0.4, -0.2) is 17.7 Å². The van der Waals surface area contributed by atoms with E-state index in [1.165, 1.54) is 0 Å². The second-order valence-corrected chi connectivity index (χ2v) is 3.84. The van der Waals surface area contributed by atoms with Crippen LogP contribution in [0.5, 0.6) is 0 Å². The van der Waals surface area contributed by atoms with Crippen molar-refractivity contribution in [3.8, 4) is 6.07 Å². The van der Waals surface area contributed by atoms with Crippen molar-refractivity contribution in [1.29, 1.82) is 5.26 Å². The van der Waals surface area contributed by atoms with Crippen LogP contribution < -0.4 is 0 Å². The summed E-state index contributed by atoms with van der Waals surface area (Å²) in [5.41, 5.74) is 2.56. The lowest BCUT2D eigenvalue weighted by Gasteiger charge is -2.12. The van der Waals surface area contributed by atoms with Crippen LogP contribution in [0.4, 0.5) is 0 Å². The predicted octanol–water partition coefficient (Wildman–Crippen LogP) is 1.72. The number of benzene rings is 1. The van der Waals surface area contributed by atoms with Crippen LogP contribution in [0.25, 0.3) is 0 Å². The van der Waals surface area contributed by atoms with Gasteiger partial charge in [0.05, 0.1) is 31.3 Å². The summed E-state index contributed by atoms with van der Waals surface area (Å²) in [6, 6.07) is 5.69. The molecule has 0 spiro atoms. The second kappa shape index (κ2) is 6.77. The summed E-state index contributed by atoms with van der Waals surface area (Å²) >= 11 is 0. The van der Waals surface area contributed by atoms with Crippen molar-refractivity contribution in [2.45, 2.75) is 33.3 Å². The molecule has 4 nitrogen and oxygen atoms in total. The first-order chi connectivity index (χ1) is 8.67. The molecular weight excluding hydrogens is 230 g/mol. The number of nitriles is 1. The molecule has 0 aromatic heterocycles. The second-order valence-electron chi connectivity index (χ2n) is 3.84. The zero-order chi connectivity index (χ0) is 13.5. The zero-order valence-corrected chi connectivity index (χ0v) is 10.7. The van der Waals surface area contributed by atoms with Crippen LogP contribution in [0.15, 0.2) is 12.1 Å². The lowest BCUT2D eigenvalue weighted by molar-refractivity contribution is -0.142. The van der Waals surface area contributed by atoms with Gasteiger partial charge in [-0.15, -0.1) is 0 Å². The smallest absolute Gasteiger partial charge is 0.310 e. The average Bonchev–Trinajstić information content (AvgIpc) is 2.38. The molecule has 1 aromatic rings. The molecule has 0 saturated heterocycles. The number of aliphatic hydroxyl groups is 1. The number of aryl methyl sites for hydroxylation is 1. The first-order valence-corrected chi connectivity index (χ1v) is 5.98. The van der Waals surface area contributed by atoms with Crippen molar-refractivity contribution in [3.05, 3.63) is 34.4 Å². The van der Waals surface area contributed by atoms with Crippen molar-refractivity contribution in [3.63, 3.8) is 0 Å². The van der Waals surface area contributed by atoms with Gasteiger partial charge in [-0.3, -0.25) is 4.79 Å². The zero-order valence-electron chi connectivity index (χ0n) is 10.7. The van der Waals surface area contributed by atoms with E-state index in [-0.39, 0.29) is 19.0 Å². The average molecular weight is 247 g/mol. The molecule has 0 atom stereocenters. The SMILES string of the molecule is CCOC(=O)Cc1c(CO)ccc(CC)c1C#N. The van der Waals surface area contributed by atoms with E-state index < -0.39 is 0 Å². The van der Waals surface area contributed by atoms with E-state index in [2.05, 4.69) is 6.07 Å². The van der Waals surface area contributed by atoms with Crippen LogP contribution in [0.1, 0.15) is 36.1 Å². The normalized spacial score (nSPS) is 9.89. The Morgan fingerprint density at radius 3 is 2.56 bits per heavy atom. The summed E-state index contributed by atoms with van der Waals surface area (Å²) in [6.07, 6.45) is 0.741. The summed E-state index contributed by atoms with van der Waals surface area (Å²) in [5.74, 6) is -0.378. The van der Waals surface area contributed by atoms with Crippen LogP contribution in [0, 0.1) is 11.3 Å². The van der Waals surface area contributed by atoms with Crippen LogP contribution >= 0.6 is 0 Å². The summed E-state index contributed by atoms with van der Waals surface area (Å²) in [4.78, 5) is 11.5. The number of aliphatic hydroxyl groups excluding tert-OH is 1. The van der Waals surface area contributed by atoms with Crippen molar-refractivity contribution < 1.29 is 14.6 Å². The number of nitrogens with zero attached hydrogens (tertiary/aromatic N) is 1. The van der Waals surface area contributed by atoms with Crippen molar-refractivity contribution >= 4 is 5.97 Å². The number of carbonyl (C=O) groups is 1. The van der Waals surface area contributed by atoms with Crippen LogP contribution in [0.3, 0.4) is 0 Å². The topological polar surface area (TPSA) is 70.3 Å². The van der Waals surface area contributed by atoms with Gasteiger partial charge >= 0.3 is 5.97 Å². The lowest BCUT2D eigenvalue weighted by atomic mass is 9.93. The maximum absolute atomic E-state index is 11.5. The number of hydrogen-bond acceptors (Lipinski definition) is 4. The Hall–Kier alpha value is -1.86. The fourth-order valence-corrected chi connectivity index (χ4v) is 1.88. The third kappa shape index (κ3) is 3.08. The predicted molar refractivity (Wildman–Crippen MR) is 66.8 cm³/mol. The molecule has 0 radical (unpaired) electrons. The third-order valence-corrected chi connectivity index (χ3v) is 2.79. The Balaban J connectivity index is 3.20. The summed E-state index contributed by atoms with van der Waals surface area (Å²) in [7, 11) is 0. The highest BCUT2D eigenvalue weighted by Crippen LogP contribution is 2.21. The van der Waals surface area contributed by atoms with Gasteiger partial charge < -0.3 is 9.84 Å². The highest BCUT2D eigenvalue weighted by Gasteiger charge is 2.15. The summed E-state index contributed by atoms with van der Waals surface area (Å²) in [5, 5.41) is 18.5. The van der Waals surface area contributed by atoms with Gasteiger partial charge in [0.1, 0.15) is 0 Å². The quantitative estimate of drug-likeness (QED) is 0.804. The van der Waals surface area contributed by atoms with Crippen LogP contribution in [-0.2, 0) is 29.0 Å². The Labute approximate surface area is 107 Å². The highest BCUT2D eigenvalue weighted by molar-refractivity contribution is 5.74.